The first kappa shape index (κ1) is 10.6. The number of likely N-dealkylation sites (N-methyl/N-ethyl adjacent to an activating group) is 1. The molecule has 1 unspecified atom stereocenters. The molecule has 82 valence electrons. The average Bonchev–Trinajstić information content (AvgIpc) is 2.15. The third-order valence-electron chi connectivity index (χ3n) is 3.26. The number of fused-ring (bicyclic) bond motifs is 1. The summed E-state index contributed by atoms with van der Waals surface area (Å²) in [6, 6.07) is 4.30. The predicted molar refractivity (Wildman–Crippen MR) is 62.8 cm³/mol. The molecule has 1 atom stereocenters. The molecule has 2 heterocycles. The van der Waals surface area contributed by atoms with Crippen molar-refractivity contribution in [3.63, 3.8) is 0 Å². The zero-order chi connectivity index (χ0) is 11.1. The Hall–Kier alpha value is -0.890. The zero-order valence-electron chi connectivity index (χ0n) is 10.1. The minimum atomic E-state index is 0.312. The summed E-state index contributed by atoms with van der Waals surface area (Å²) in [5, 5.41) is 0. The molecule has 2 rings (SSSR count). The standard InChI is InChI=1S/C13H20N2/c1-13(2,3)11-8-15(4)9-12-10(11)6-5-7-14-12/h5-7,11H,8-9H2,1-4H3. The van der Waals surface area contributed by atoms with Crippen molar-refractivity contribution in [3.8, 4) is 0 Å². The fraction of sp³-hybridized carbons (Fsp3) is 0.615. The normalized spacial score (nSPS) is 22.5. The van der Waals surface area contributed by atoms with Crippen molar-refractivity contribution in [1.29, 1.82) is 0 Å². The van der Waals surface area contributed by atoms with E-state index in [9.17, 15) is 0 Å². The first-order valence-electron chi connectivity index (χ1n) is 5.61. The van der Waals surface area contributed by atoms with Crippen LogP contribution in [0.3, 0.4) is 0 Å². The van der Waals surface area contributed by atoms with Gasteiger partial charge in [0.2, 0.25) is 0 Å². The quantitative estimate of drug-likeness (QED) is 0.646. The summed E-state index contributed by atoms with van der Waals surface area (Å²) in [5.41, 5.74) is 3.02. The van der Waals surface area contributed by atoms with E-state index in [1.165, 1.54) is 11.3 Å². The Balaban J connectivity index is 2.43. The highest BCUT2D eigenvalue weighted by Crippen LogP contribution is 2.39. The highest BCUT2D eigenvalue weighted by Gasteiger charge is 2.32. The second-order valence-electron chi connectivity index (χ2n) is 5.65. The van der Waals surface area contributed by atoms with Gasteiger partial charge in [-0.2, -0.15) is 0 Å². The van der Waals surface area contributed by atoms with Crippen LogP contribution in [0.2, 0.25) is 0 Å². The molecule has 0 fully saturated rings. The lowest BCUT2D eigenvalue weighted by Gasteiger charge is -2.39. The molecule has 0 aliphatic carbocycles. The first-order chi connectivity index (χ1) is 6.98. The first-order valence-corrected chi connectivity index (χ1v) is 5.61. The van der Waals surface area contributed by atoms with Crippen LogP contribution in [0.25, 0.3) is 0 Å². The molecule has 0 N–H and O–H groups in total. The molecule has 0 spiro atoms. The van der Waals surface area contributed by atoms with Gasteiger partial charge in [0.1, 0.15) is 0 Å². The van der Waals surface area contributed by atoms with E-state index >= 15 is 0 Å². The van der Waals surface area contributed by atoms with Gasteiger partial charge in [-0.1, -0.05) is 26.8 Å². The van der Waals surface area contributed by atoms with E-state index in [-0.39, 0.29) is 0 Å². The third kappa shape index (κ3) is 2.05. The largest absolute Gasteiger partial charge is 0.300 e. The van der Waals surface area contributed by atoms with Gasteiger partial charge < -0.3 is 0 Å². The Morgan fingerprint density at radius 3 is 2.80 bits per heavy atom. The van der Waals surface area contributed by atoms with Crippen molar-refractivity contribution in [2.75, 3.05) is 13.6 Å². The summed E-state index contributed by atoms with van der Waals surface area (Å²) in [7, 11) is 2.18. The summed E-state index contributed by atoms with van der Waals surface area (Å²) in [6.07, 6.45) is 1.90. The number of pyridine rings is 1. The van der Waals surface area contributed by atoms with Gasteiger partial charge in [0.05, 0.1) is 5.69 Å². The highest BCUT2D eigenvalue weighted by molar-refractivity contribution is 5.28. The molecule has 1 aliphatic heterocycles. The number of hydrogen-bond donors (Lipinski definition) is 0. The van der Waals surface area contributed by atoms with Crippen molar-refractivity contribution in [1.82, 2.24) is 9.88 Å². The van der Waals surface area contributed by atoms with E-state index in [0.717, 1.165) is 13.1 Å². The highest BCUT2D eigenvalue weighted by atomic mass is 15.1. The minimum Gasteiger partial charge on any atom is -0.300 e. The van der Waals surface area contributed by atoms with Crippen molar-refractivity contribution >= 4 is 0 Å². The Morgan fingerprint density at radius 1 is 1.40 bits per heavy atom. The van der Waals surface area contributed by atoms with Crippen LogP contribution < -0.4 is 0 Å². The van der Waals surface area contributed by atoms with Crippen LogP contribution in [-0.4, -0.2) is 23.5 Å². The molecular weight excluding hydrogens is 184 g/mol. The molecule has 0 radical (unpaired) electrons. The van der Waals surface area contributed by atoms with Crippen LogP contribution in [0.4, 0.5) is 0 Å². The lowest BCUT2D eigenvalue weighted by Crippen LogP contribution is -2.36. The van der Waals surface area contributed by atoms with E-state index in [1.807, 2.05) is 6.20 Å². The molecule has 0 saturated heterocycles. The Bertz CT molecular complexity index is 352. The monoisotopic (exact) mass is 204 g/mol. The molecule has 0 bridgehead atoms. The smallest absolute Gasteiger partial charge is 0.0579 e. The van der Waals surface area contributed by atoms with Crippen LogP contribution in [0.15, 0.2) is 18.3 Å². The average molecular weight is 204 g/mol. The van der Waals surface area contributed by atoms with E-state index in [2.05, 4.69) is 49.8 Å². The fourth-order valence-electron chi connectivity index (χ4n) is 2.37. The predicted octanol–water partition coefficient (Wildman–Crippen LogP) is 2.66. The fourth-order valence-corrected chi connectivity index (χ4v) is 2.37. The van der Waals surface area contributed by atoms with Crippen molar-refractivity contribution < 1.29 is 0 Å². The Labute approximate surface area is 92.3 Å². The number of hydrogen-bond acceptors (Lipinski definition) is 2. The van der Waals surface area contributed by atoms with Crippen molar-refractivity contribution in [3.05, 3.63) is 29.6 Å². The van der Waals surface area contributed by atoms with Crippen LogP contribution in [0, 0.1) is 5.41 Å². The summed E-state index contributed by atoms with van der Waals surface area (Å²) >= 11 is 0. The Morgan fingerprint density at radius 2 is 2.13 bits per heavy atom. The molecule has 0 saturated carbocycles. The molecule has 0 amide bonds. The van der Waals surface area contributed by atoms with Gasteiger partial charge in [-0.25, -0.2) is 0 Å². The molecule has 1 aromatic heterocycles. The van der Waals surface area contributed by atoms with Gasteiger partial charge in [0, 0.05) is 25.2 Å². The maximum absolute atomic E-state index is 4.49. The van der Waals surface area contributed by atoms with Gasteiger partial charge in [-0.3, -0.25) is 9.88 Å². The van der Waals surface area contributed by atoms with E-state index in [1.54, 1.807) is 0 Å². The molecular formula is C13H20N2. The maximum atomic E-state index is 4.49. The molecule has 1 aromatic rings. The van der Waals surface area contributed by atoms with Crippen LogP contribution in [0.1, 0.15) is 37.9 Å². The Kier molecular flexibility index (Phi) is 2.55. The van der Waals surface area contributed by atoms with Gasteiger partial charge in [-0.15, -0.1) is 0 Å². The number of aromatic nitrogens is 1. The topological polar surface area (TPSA) is 16.1 Å². The van der Waals surface area contributed by atoms with Crippen molar-refractivity contribution in [2.45, 2.75) is 33.2 Å². The third-order valence-corrected chi connectivity index (χ3v) is 3.26. The van der Waals surface area contributed by atoms with Gasteiger partial charge in [0.25, 0.3) is 0 Å². The molecule has 15 heavy (non-hydrogen) atoms. The minimum absolute atomic E-state index is 0.312. The molecule has 0 aromatic carbocycles. The summed E-state index contributed by atoms with van der Waals surface area (Å²) in [5.74, 6) is 0.597. The lowest BCUT2D eigenvalue weighted by atomic mass is 9.74. The van der Waals surface area contributed by atoms with Crippen LogP contribution in [0.5, 0.6) is 0 Å². The van der Waals surface area contributed by atoms with E-state index in [4.69, 9.17) is 0 Å². The van der Waals surface area contributed by atoms with Crippen molar-refractivity contribution in [2.24, 2.45) is 5.41 Å². The molecule has 2 heteroatoms. The van der Waals surface area contributed by atoms with Gasteiger partial charge in [-0.05, 0) is 24.1 Å². The number of nitrogens with zero attached hydrogens (tertiary/aromatic N) is 2. The van der Waals surface area contributed by atoms with Gasteiger partial charge in [0.15, 0.2) is 0 Å². The van der Waals surface area contributed by atoms with E-state index < -0.39 is 0 Å². The second-order valence-corrected chi connectivity index (χ2v) is 5.65. The summed E-state index contributed by atoms with van der Waals surface area (Å²) < 4.78 is 0. The summed E-state index contributed by atoms with van der Waals surface area (Å²) in [6.45, 7) is 9.07. The summed E-state index contributed by atoms with van der Waals surface area (Å²) in [4.78, 5) is 6.86. The van der Waals surface area contributed by atoms with E-state index in [0.29, 0.717) is 11.3 Å². The molecule has 1 aliphatic rings. The zero-order valence-corrected chi connectivity index (χ0v) is 10.1. The second kappa shape index (κ2) is 3.60. The molecule has 2 nitrogen and oxygen atoms in total. The lowest BCUT2D eigenvalue weighted by molar-refractivity contribution is 0.197. The SMILES string of the molecule is CN1Cc2ncccc2C(C(C)(C)C)C1. The van der Waals surface area contributed by atoms with Crippen LogP contribution in [-0.2, 0) is 6.54 Å². The van der Waals surface area contributed by atoms with Gasteiger partial charge >= 0.3 is 0 Å². The number of rotatable bonds is 0. The maximum Gasteiger partial charge on any atom is 0.0579 e. The van der Waals surface area contributed by atoms with Crippen LogP contribution >= 0.6 is 0 Å².